The fourth-order valence-corrected chi connectivity index (χ4v) is 4.54. The maximum atomic E-state index is 15.4. The molecular weight excluding hydrogens is 425 g/mol. The molecule has 168 valence electrons. The molecule has 1 aromatic heterocycles. The van der Waals surface area contributed by atoms with Crippen molar-refractivity contribution in [1.29, 1.82) is 0 Å². The van der Waals surface area contributed by atoms with Crippen molar-refractivity contribution in [3.05, 3.63) is 106 Å². The van der Waals surface area contributed by atoms with E-state index in [1.807, 2.05) is 31.2 Å². The molecular formula is C25H22FN3O4. The van der Waals surface area contributed by atoms with Gasteiger partial charge in [-0.15, -0.1) is 0 Å². The van der Waals surface area contributed by atoms with Gasteiger partial charge in [0.1, 0.15) is 30.4 Å². The number of ether oxygens (including phenoxy) is 1. The lowest BCUT2D eigenvalue weighted by Crippen LogP contribution is -2.62. The molecule has 1 N–H and O–H groups in total. The van der Waals surface area contributed by atoms with Gasteiger partial charge in [-0.3, -0.25) is 19.3 Å². The maximum absolute atomic E-state index is 15.4. The van der Waals surface area contributed by atoms with Crippen molar-refractivity contribution >= 4 is 5.91 Å². The molecule has 0 radical (unpaired) electrons. The predicted octanol–water partition coefficient (Wildman–Crippen LogP) is 2.96. The summed E-state index contributed by atoms with van der Waals surface area (Å²) in [5.74, 6) is -1.00. The van der Waals surface area contributed by atoms with Crippen LogP contribution >= 0.6 is 0 Å². The predicted molar refractivity (Wildman–Crippen MR) is 120 cm³/mol. The van der Waals surface area contributed by atoms with Crippen LogP contribution < -0.4 is 15.2 Å². The zero-order chi connectivity index (χ0) is 23.2. The van der Waals surface area contributed by atoms with Gasteiger partial charge in [-0.1, -0.05) is 42.5 Å². The van der Waals surface area contributed by atoms with Crippen LogP contribution in [0.25, 0.3) is 0 Å². The molecule has 2 aromatic carbocycles. The summed E-state index contributed by atoms with van der Waals surface area (Å²) in [7, 11) is 0. The Labute approximate surface area is 189 Å². The first kappa shape index (κ1) is 20.8. The van der Waals surface area contributed by atoms with Gasteiger partial charge in [0.05, 0.1) is 0 Å². The van der Waals surface area contributed by atoms with Crippen LogP contribution in [0.2, 0.25) is 0 Å². The highest BCUT2D eigenvalue weighted by atomic mass is 19.1. The molecule has 1 atom stereocenters. The van der Waals surface area contributed by atoms with Crippen molar-refractivity contribution in [2.24, 2.45) is 0 Å². The summed E-state index contributed by atoms with van der Waals surface area (Å²) in [6, 6.07) is 15.0. The van der Waals surface area contributed by atoms with Crippen molar-refractivity contribution < 1.29 is 19.0 Å². The summed E-state index contributed by atoms with van der Waals surface area (Å²) in [4.78, 5) is 27.0. The molecule has 5 rings (SSSR count). The Morgan fingerprint density at radius 3 is 2.52 bits per heavy atom. The highest BCUT2D eigenvalue weighted by Gasteiger charge is 2.45. The molecule has 0 saturated heterocycles. The van der Waals surface area contributed by atoms with Gasteiger partial charge in [0.25, 0.3) is 5.91 Å². The largest absolute Gasteiger partial charge is 0.502 e. The average molecular weight is 447 g/mol. The Bertz CT molecular complexity index is 1340. The number of para-hydroxylation sites is 1. The number of pyridine rings is 1. The number of amides is 1. The van der Waals surface area contributed by atoms with Gasteiger partial charge in [-0.05, 0) is 25.1 Å². The quantitative estimate of drug-likeness (QED) is 0.581. The van der Waals surface area contributed by atoms with Crippen molar-refractivity contribution in [2.45, 2.75) is 12.5 Å². The molecule has 2 aliphatic rings. The zero-order valence-corrected chi connectivity index (χ0v) is 17.9. The van der Waals surface area contributed by atoms with Crippen molar-refractivity contribution in [3.8, 4) is 11.5 Å². The van der Waals surface area contributed by atoms with E-state index < -0.39 is 28.4 Å². The number of nitrogens with zero attached hydrogens (tertiary/aromatic N) is 3. The number of rotatable bonds is 1. The number of hydrogen-bond acceptors (Lipinski definition) is 5. The summed E-state index contributed by atoms with van der Waals surface area (Å²) in [6.45, 7) is 2.41. The van der Waals surface area contributed by atoms with Gasteiger partial charge in [-0.25, -0.2) is 4.39 Å². The first-order valence-electron chi connectivity index (χ1n) is 10.6. The number of carbonyl (C=O) groups excluding carboxylic acids is 1. The van der Waals surface area contributed by atoms with E-state index in [0.717, 1.165) is 0 Å². The van der Waals surface area contributed by atoms with Crippen molar-refractivity contribution in [1.82, 2.24) is 9.58 Å². The molecule has 0 unspecified atom stereocenters. The summed E-state index contributed by atoms with van der Waals surface area (Å²) in [5.41, 5.74) is -0.980. The highest BCUT2D eigenvalue weighted by Crippen LogP contribution is 2.42. The van der Waals surface area contributed by atoms with Crippen LogP contribution in [-0.4, -0.2) is 40.4 Å². The first-order chi connectivity index (χ1) is 15.9. The molecule has 3 aromatic rings. The standard InChI is InChI=1S/C25H22FN3O4/c1-25(17-8-2-4-10-19(17)26)18-9-3-5-11-21(18)33-15-7-6-13-27-16-29(25)28-14-12-20(30)23(31)22(28)24(27)32/h2-12,14,31H,13,15-16H2,1H3/b7-6-/t25-/m1/s1. The van der Waals surface area contributed by atoms with Gasteiger partial charge >= 0.3 is 0 Å². The third kappa shape index (κ3) is 3.17. The van der Waals surface area contributed by atoms with Crippen LogP contribution in [-0.2, 0) is 5.54 Å². The summed E-state index contributed by atoms with van der Waals surface area (Å²) < 4.78 is 22.8. The number of benzene rings is 2. The van der Waals surface area contributed by atoms with Crippen molar-refractivity contribution in [2.75, 3.05) is 24.8 Å². The van der Waals surface area contributed by atoms with E-state index in [1.54, 1.807) is 35.4 Å². The summed E-state index contributed by atoms with van der Waals surface area (Å²) >= 11 is 0. The maximum Gasteiger partial charge on any atom is 0.278 e. The highest BCUT2D eigenvalue weighted by molar-refractivity contribution is 5.96. The fraction of sp³-hybridized carbons (Fsp3) is 0.200. The smallest absolute Gasteiger partial charge is 0.278 e. The first-order valence-corrected chi connectivity index (χ1v) is 10.6. The number of fused-ring (bicyclic) bond motifs is 5. The Morgan fingerprint density at radius 2 is 1.73 bits per heavy atom. The van der Waals surface area contributed by atoms with Crippen LogP contribution in [0.1, 0.15) is 28.5 Å². The normalized spacial score (nSPS) is 20.8. The number of halogens is 1. The third-order valence-corrected chi connectivity index (χ3v) is 6.26. The Kier molecular flexibility index (Phi) is 4.92. The van der Waals surface area contributed by atoms with Crippen LogP contribution in [0.15, 0.2) is 77.7 Å². The topological polar surface area (TPSA) is 75.0 Å². The van der Waals surface area contributed by atoms with Crippen LogP contribution in [0.5, 0.6) is 11.5 Å². The minimum atomic E-state index is -1.18. The Balaban J connectivity index is 1.88. The zero-order valence-electron chi connectivity index (χ0n) is 17.9. The molecule has 7 nitrogen and oxygen atoms in total. The minimum absolute atomic E-state index is 0.0810. The number of hydrogen-bond donors (Lipinski definition) is 1. The fourth-order valence-electron chi connectivity index (χ4n) is 4.54. The lowest BCUT2D eigenvalue weighted by Gasteiger charge is -2.49. The van der Waals surface area contributed by atoms with E-state index in [4.69, 9.17) is 4.74 Å². The molecule has 0 fully saturated rings. The number of aromatic nitrogens is 1. The third-order valence-electron chi connectivity index (χ3n) is 6.26. The van der Waals surface area contributed by atoms with E-state index in [1.165, 1.54) is 27.9 Å². The van der Waals surface area contributed by atoms with E-state index in [-0.39, 0.29) is 25.5 Å². The Hall–Kier alpha value is -4.07. The second-order valence-electron chi connectivity index (χ2n) is 8.12. The molecule has 2 aliphatic heterocycles. The molecule has 3 heterocycles. The van der Waals surface area contributed by atoms with E-state index in [0.29, 0.717) is 16.9 Å². The number of aromatic hydroxyl groups is 1. The van der Waals surface area contributed by atoms with Gasteiger partial charge in [0.2, 0.25) is 5.43 Å². The molecule has 8 heteroatoms. The minimum Gasteiger partial charge on any atom is -0.502 e. The summed E-state index contributed by atoms with van der Waals surface area (Å²) in [5, 5.41) is 12.3. The second kappa shape index (κ2) is 7.81. The van der Waals surface area contributed by atoms with Crippen LogP contribution in [0.3, 0.4) is 0 Å². The lowest BCUT2D eigenvalue weighted by atomic mass is 9.82. The molecule has 0 spiro atoms. The Morgan fingerprint density at radius 1 is 1.00 bits per heavy atom. The molecule has 0 aliphatic carbocycles. The van der Waals surface area contributed by atoms with Crippen LogP contribution in [0, 0.1) is 5.82 Å². The van der Waals surface area contributed by atoms with Crippen LogP contribution in [0.4, 0.5) is 4.39 Å². The van der Waals surface area contributed by atoms with E-state index in [9.17, 15) is 14.7 Å². The molecule has 33 heavy (non-hydrogen) atoms. The van der Waals surface area contributed by atoms with Gasteiger partial charge in [0, 0.05) is 29.9 Å². The lowest BCUT2D eigenvalue weighted by molar-refractivity contribution is 0.0684. The van der Waals surface area contributed by atoms with Gasteiger partial charge in [-0.2, -0.15) is 0 Å². The molecule has 2 bridgehead atoms. The van der Waals surface area contributed by atoms with Gasteiger partial charge in [0.15, 0.2) is 11.4 Å². The van der Waals surface area contributed by atoms with E-state index in [2.05, 4.69) is 0 Å². The number of carbonyl (C=O) groups is 1. The molecule has 1 amide bonds. The van der Waals surface area contributed by atoms with Crippen molar-refractivity contribution in [3.63, 3.8) is 0 Å². The SMILES string of the molecule is C[C@@]1(c2ccccc2F)c2ccccc2OC/C=C\CN2CN1n1ccc(=O)c(O)c1C2=O. The van der Waals surface area contributed by atoms with E-state index >= 15 is 4.39 Å². The monoisotopic (exact) mass is 447 g/mol. The van der Waals surface area contributed by atoms with Gasteiger partial charge < -0.3 is 14.7 Å². The molecule has 0 saturated carbocycles. The second-order valence-corrected chi connectivity index (χ2v) is 8.12. The average Bonchev–Trinajstić information content (AvgIpc) is 2.84. The summed E-state index contributed by atoms with van der Waals surface area (Å²) in [6.07, 6.45) is 5.02.